The van der Waals surface area contributed by atoms with Crippen LogP contribution in [0.2, 0.25) is 0 Å². The maximum absolute atomic E-state index is 12.6. The van der Waals surface area contributed by atoms with Crippen LogP contribution in [0.5, 0.6) is 5.75 Å². The number of likely N-dealkylation sites (tertiary alicyclic amines) is 1. The summed E-state index contributed by atoms with van der Waals surface area (Å²) in [5, 5.41) is 11.9. The number of carbonyl (C=O) groups is 2. The number of likely N-dealkylation sites (N-methyl/N-ethyl adjacent to an activating group) is 1. The summed E-state index contributed by atoms with van der Waals surface area (Å²) in [5.74, 6) is 1.32. The SMILES string of the molecule is CC[C@@H]1CN(C(=O)Nc2cccc(OC)c2)CC[C@H]1CC(=O)N(C)CCO. The lowest BCUT2D eigenvalue weighted by Crippen LogP contribution is -2.46. The Bertz CT molecular complexity index is 637. The maximum Gasteiger partial charge on any atom is 0.321 e. The van der Waals surface area contributed by atoms with Gasteiger partial charge in [0.2, 0.25) is 5.91 Å². The van der Waals surface area contributed by atoms with Gasteiger partial charge in [0, 0.05) is 44.9 Å². The lowest BCUT2D eigenvalue weighted by Gasteiger charge is -2.38. The zero-order valence-electron chi connectivity index (χ0n) is 16.5. The minimum Gasteiger partial charge on any atom is -0.497 e. The van der Waals surface area contributed by atoms with E-state index in [1.54, 1.807) is 25.1 Å². The summed E-state index contributed by atoms with van der Waals surface area (Å²) in [5.41, 5.74) is 0.704. The van der Waals surface area contributed by atoms with Crippen LogP contribution >= 0.6 is 0 Å². The number of nitrogens with one attached hydrogen (secondary N) is 1. The first-order valence-corrected chi connectivity index (χ1v) is 9.53. The number of rotatable bonds is 7. The molecule has 1 fully saturated rings. The molecule has 0 saturated carbocycles. The van der Waals surface area contributed by atoms with Crippen LogP contribution in [-0.4, -0.2) is 67.2 Å². The molecule has 1 aliphatic heterocycles. The molecular formula is C20H31N3O4. The molecule has 1 aromatic rings. The van der Waals surface area contributed by atoms with Crippen LogP contribution in [0.3, 0.4) is 0 Å². The molecule has 7 heteroatoms. The van der Waals surface area contributed by atoms with Crippen LogP contribution in [0.25, 0.3) is 0 Å². The monoisotopic (exact) mass is 377 g/mol. The summed E-state index contributed by atoms with van der Waals surface area (Å²) >= 11 is 0. The molecule has 0 radical (unpaired) electrons. The number of hydrogen-bond acceptors (Lipinski definition) is 4. The fourth-order valence-corrected chi connectivity index (χ4v) is 3.55. The maximum atomic E-state index is 12.6. The Morgan fingerprint density at radius 3 is 2.81 bits per heavy atom. The van der Waals surface area contributed by atoms with Crippen molar-refractivity contribution in [3.63, 3.8) is 0 Å². The van der Waals surface area contributed by atoms with Crippen molar-refractivity contribution in [1.82, 2.24) is 9.80 Å². The van der Waals surface area contributed by atoms with Crippen LogP contribution in [0.15, 0.2) is 24.3 Å². The summed E-state index contributed by atoms with van der Waals surface area (Å²) in [6.07, 6.45) is 2.20. The molecular weight excluding hydrogens is 346 g/mol. The summed E-state index contributed by atoms with van der Waals surface area (Å²) < 4.78 is 5.19. The van der Waals surface area contributed by atoms with Gasteiger partial charge in [-0.3, -0.25) is 4.79 Å². The zero-order valence-corrected chi connectivity index (χ0v) is 16.5. The Kier molecular flexibility index (Phi) is 7.91. The van der Waals surface area contributed by atoms with E-state index in [4.69, 9.17) is 9.84 Å². The highest BCUT2D eigenvalue weighted by Crippen LogP contribution is 2.30. The number of aliphatic hydroxyl groups excluding tert-OH is 1. The molecule has 1 aromatic carbocycles. The van der Waals surface area contributed by atoms with E-state index >= 15 is 0 Å². The summed E-state index contributed by atoms with van der Waals surface area (Å²) in [6, 6.07) is 7.17. The van der Waals surface area contributed by atoms with Crippen molar-refractivity contribution < 1.29 is 19.4 Å². The van der Waals surface area contributed by atoms with E-state index in [9.17, 15) is 9.59 Å². The van der Waals surface area contributed by atoms with Gasteiger partial charge in [-0.2, -0.15) is 0 Å². The van der Waals surface area contributed by atoms with Gasteiger partial charge in [-0.05, 0) is 30.4 Å². The van der Waals surface area contributed by atoms with E-state index in [1.807, 2.05) is 23.1 Å². The van der Waals surface area contributed by atoms with Gasteiger partial charge in [0.15, 0.2) is 0 Å². The average Bonchev–Trinajstić information content (AvgIpc) is 2.68. The fraction of sp³-hybridized carbons (Fsp3) is 0.600. The van der Waals surface area contributed by atoms with E-state index < -0.39 is 0 Å². The molecule has 1 saturated heterocycles. The van der Waals surface area contributed by atoms with Crippen LogP contribution in [-0.2, 0) is 4.79 Å². The number of hydrogen-bond donors (Lipinski definition) is 2. The second-order valence-corrected chi connectivity index (χ2v) is 7.07. The van der Waals surface area contributed by atoms with E-state index in [0.29, 0.717) is 43.4 Å². The van der Waals surface area contributed by atoms with Crippen LogP contribution < -0.4 is 10.1 Å². The molecule has 0 spiro atoms. The highest BCUT2D eigenvalue weighted by molar-refractivity contribution is 5.89. The summed E-state index contributed by atoms with van der Waals surface area (Å²) in [4.78, 5) is 28.3. The average molecular weight is 377 g/mol. The summed E-state index contributed by atoms with van der Waals surface area (Å²) in [6.45, 7) is 3.71. The second kappa shape index (κ2) is 10.2. The number of ether oxygens (including phenoxy) is 1. The van der Waals surface area contributed by atoms with Gasteiger partial charge in [0.05, 0.1) is 13.7 Å². The highest BCUT2D eigenvalue weighted by Gasteiger charge is 2.32. The predicted octanol–water partition coefficient (Wildman–Crippen LogP) is 2.42. The van der Waals surface area contributed by atoms with Gasteiger partial charge in [0.1, 0.15) is 5.75 Å². The molecule has 150 valence electrons. The molecule has 2 N–H and O–H groups in total. The van der Waals surface area contributed by atoms with Gasteiger partial charge in [0.25, 0.3) is 0 Å². The van der Waals surface area contributed by atoms with Gasteiger partial charge >= 0.3 is 6.03 Å². The Labute approximate surface area is 161 Å². The fourth-order valence-electron chi connectivity index (χ4n) is 3.55. The number of amides is 3. The molecule has 7 nitrogen and oxygen atoms in total. The molecule has 0 aromatic heterocycles. The first kappa shape index (κ1) is 21.0. The summed E-state index contributed by atoms with van der Waals surface area (Å²) in [7, 11) is 3.31. The molecule has 2 atom stereocenters. The van der Waals surface area contributed by atoms with Crippen molar-refractivity contribution in [3.8, 4) is 5.75 Å². The van der Waals surface area contributed by atoms with Crippen molar-refractivity contribution in [2.45, 2.75) is 26.2 Å². The topological polar surface area (TPSA) is 82.1 Å². The number of methoxy groups -OCH3 is 1. The van der Waals surface area contributed by atoms with E-state index in [-0.39, 0.29) is 24.5 Å². The minimum atomic E-state index is -0.121. The van der Waals surface area contributed by atoms with Crippen LogP contribution in [0, 0.1) is 11.8 Å². The molecule has 0 unspecified atom stereocenters. The Hall–Kier alpha value is -2.28. The van der Waals surface area contributed by atoms with Crippen molar-refractivity contribution >= 4 is 17.6 Å². The number of nitrogens with zero attached hydrogens (tertiary/aromatic N) is 2. The van der Waals surface area contributed by atoms with Crippen molar-refractivity contribution in [1.29, 1.82) is 0 Å². The molecule has 0 bridgehead atoms. The van der Waals surface area contributed by atoms with Gasteiger partial charge in [-0.15, -0.1) is 0 Å². The second-order valence-electron chi connectivity index (χ2n) is 7.07. The smallest absolute Gasteiger partial charge is 0.321 e. The normalized spacial score (nSPS) is 19.5. The minimum absolute atomic E-state index is 0.0255. The van der Waals surface area contributed by atoms with E-state index in [1.165, 1.54) is 0 Å². The first-order valence-electron chi connectivity index (χ1n) is 9.53. The predicted molar refractivity (Wildman–Crippen MR) is 105 cm³/mol. The van der Waals surface area contributed by atoms with Crippen molar-refractivity contribution in [2.24, 2.45) is 11.8 Å². The molecule has 2 rings (SSSR count). The van der Waals surface area contributed by atoms with E-state index in [2.05, 4.69) is 12.2 Å². The third-order valence-electron chi connectivity index (χ3n) is 5.32. The third kappa shape index (κ3) is 5.85. The third-order valence-corrected chi connectivity index (χ3v) is 5.32. The van der Waals surface area contributed by atoms with E-state index in [0.717, 1.165) is 12.8 Å². The molecule has 3 amide bonds. The number of piperidine rings is 1. The highest BCUT2D eigenvalue weighted by atomic mass is 16.5. The Balaban J connectivity index is 1.92. The molecule has 27 heavy (non-hydrogen) atoms. The Morgan fingerprint density at radius 1 is 1.37 bits per heavy atom. The standard InChI is InChI=1S/C20H31N3O4/c1-4-15-14-23(9-8-16(15)12-19(25)22(2)10-11-24)20(26)21-17-6-5-7-18(13-17)27-3/h5-7,13,15-16,24H,4,8-12,14H2,1-3H3,(H,21,26)/t15-,16+/m1/s1. The molecule has 1 heterocycles. The number of carbonyl (C=O) groups excluding carboxylic acids is 2. The number of benzene rings is 1. The zero-order chi connectivity index (χ0) is 19.8. The lowest BCUT2D eigenvalue weighted by atomic mass is 9.81. The van der Waals surface area contributed by atoms with Gasteiger partial charge in [-0.25, -0.2) is 4.79 Å². The number of urea groups is 1. The number of aliphatic hydroxyl groups is 1. The van der Waals surface area contributed by atoms with Gasteiger partial charge in [-0.1, -0.05) is 19.4 Å². The van der Waals surface area contributed by atoms with Crippen LogP contribution in [0.4, 0.5) is 10.5 Å². The van der Waals surface area contributed by atoms with Gasteiger partial charge < -0.3 is 25.0 Å². The largest absolute Gasteiger partial charge is 0.497 e. The van der Waals surface area contributed by atoms with Crippen molar-refractivity contribution in [2.75, 3.05) is 45.7 Å². The quantitative estimate of drug-likeness (QED) is 0.765. The first-order chi connectivity index (χ1) is 13.0. The molecule has 1 aliphatic rings. The van der Waals surface area contributed by atoms with Crippen molar-refractivity contribution in [3.05, 3.63) is 24.3 Å². The number of anilines is 1. The molecule has 0 aliphatic carbocycles. The van der Waals surface area contributed by atoms with Crippen LogP contribution in [0.1, 0.15) is 26.2 Å². The Morgan fingerprint density at radius 2 is 2.15 bits per heavy atom. The lowest BCUT2D eigenvalue weighted by molar-refractivity contribution is -0.132.